The van der Waals surface area contributed by atoms with Gasteiger partial charge in [-0.2, -0.15) is 5.26 Å². The van der Waals surface area contributed by atoms with E-state index in [1.165, 1.54) is 12.1 Å². The first kappa shape index (κ1) is 11.1. The highest BCUT2D eigenvalue weighted by Gasteiger charge is 2.41. The van der Waals surface area contributed by atoms with Crippen LogP contribution in [0.4, 0.5) is 4.39 Å². The molecule has 0 spiro atoms. The molecule has 0 aliphatic heterocycles. The van der Waals surface area contributed by atoms with Crippen molar-refractivity contribution in [2.75, 3.05) is 6.54 Å². The van der Waals surface area contributed by atoms with Gasteiger partial charge in [-0.1, -0.05) is 12.1 Å². The molecule has 3 heteroatoms. The second kappa shape index (κ2) is 4.63. The summed E-state index contributed by atoms with van der Waals surface area (Å²) in [6, 6.07) is 8.83. The first-order valence-electron chi connectivity index (χ1n) is 5.56. The number of hydrogen-bond donors (Lipinski definition) is 1. The van der Waals surface area contributed by atoms with E-state index in [9.17, 15) is 4.39 Å². The molecule has 0 aromatic heterocycles. The van der Waals surface area contributed by atoms with Crippen LogP contribution in [0, 0.1) is 22.6 Å². The van der Waals surface area contributed by atoms with Gasteiger partial charge >= 0.3 is 0 Å². The normalized spacial score (nSPS) is 16.8. The number of nitrogens with one attached hydrogen (secondary N) is 1. The second-order valence-corrected chi connectivity index (χ2v) is 4.57. The van der Waals surface area contributed by atoms with Gasteiger partial charge in [0.25, 0.3) is 0 Å². The van der Waals surface area contributed by atoms with Gasteiger partial charge in [0, 0.05) is 19.5 Å². The molecule has 1 aromatic rings. The van der Waals surface area contributed by atoms with E-state index in [1.807, 2.05) is 6.07 Å². The van der Waals surface area contributed by atoms with Crippen molar-refractivity contribution in [1.82, 2.24) is 5.32 Å². The van der Waals surface area contributed by atoms with E-state index < -0.39 is 0 Å². The summed E-state index contributed by atoms with van der Waals surface area (Å²) in [6.45, 7) is 1.53. The van der Waals surface area contributed by atoms with E-state index in [2.05, 4.69) is 11.4 Å². The molecule has 1 aliphatic carbocycles. The van der Waals surface area contributed by atoms with Crippen molar-refractivity contribution in [2.24, 2.45) is 5.41 Å². The van der Waals surface area contributed by atoms with E-state index in [1.54, 1.807) is 6.07 Å². The third-order valence-corrected chi connectivity index (χ3v) is 3.13. The summed E-state index contributed by atoms with van der Waals surface area (Å²) in [5.41, 5.74) is 1.16. The highest BCUT2D eigenvalue weighted by Crippen LogP contribution is 2.47. The lowest BCUT2D eigenvalue weighted by atomic mass is 10.0. The molecule has 2 rings (SSSR count). The van der Waals surface area contributed by atoms with Crippen molar-refractivity contribution in [3.8, 4) is 6.07 Å². The lowest BCUT2D eigenvalue weighted by Crippen LogP contribution is -2.23. The van der Waals surface area contributed by atoms with Crippen molar-refractivity contribution >= 4 is 0 Å². The Bertz CT molecular complexity index is 405. The summed E-state index contributed by atoms with van der Waals surface area (Å²) < 4.78 is 12.9. The molecule has 1 N–H and O–H groups in total. The number of nitrogens with zero attached hydrogens (tertiary/aromatic N) is 1. The molecule has 0 amide bonds. The van der Waals surface area contributed by atoms with Gasteiger partial charge in [-0.3, -0.25) is 0 Å². The predicted molar refractivity (Wildman–Crippen MR) is 60.0 cm³/mol. The van der Waals surface area contributed by atoms with E-state index in [4.69, 9.17) is 5.26 Å². The van der Waals surface area contributed by atoms with Crippen molar-refractivity contribution in [3.05, 3.63) is 35.6 Å². The molecule has 0 saturated heterocycles. The Hall–Kier alpha value is -1.40. The minimum Gasteiger partial charge on any atom is -0.312 e. The fourth-order valence-electron chi connectivity index (χ4n) is 1.88. The summed E-state index contributed by atoms with van der Waals surface area (Å²) in [5, 5.41) is 12.0. The highest BCUT2D eigenvalue weighted by molar-refractivity contribution is 5.16. The van der Waals surface area contributed by atoms with Crippen LogP contribution in [0.1, 0.15) is 24.8 Å². The first-order chi connectivity index (χ1) is 7.74. The van der Waals surface area contributed by atoms with Crippen molar-refractivity contribution in [3.63, 3.8) is 0 Å². The molecule has 84 valence electrons. The maximum atomic E-state index is 12.9. The Kier molecular flexibility index (Phi) is 3.21. The second-order valence-electron chi connectivity index (χ2n) is 4.57. The minimum atomic E-state index is -0.197. The van der Waals surface area contributed by atoms with E-state index in [0.29, 0.717) is 13.0 Å². The van der Waals surface area contributed by atoms with Crippen molar-refractivity contribution in [1.29, 1.82) is 5.26 Å². The van der Waals surface area contributed by atoms with Crippen LogP contribution in [-0.2, 0) is 6.54 Å². The molecular formula is C13H15FN2. The summed E-state index contributed by atoms with van der Waals surface area (Å²) in [7, 11) is 0. The Morgan fingerprint density at radius 1 is 1.44 bits per heavy atom. The Morgan fingerprint density at radius 2 is 2.25 bits per heavy atom. The molecule has 1 aliphatic rings. The van der Waals surface area contributed by atoms with Crippen molar-refractivity contribution in [2.45, 2.75) is 25.8 Å². The summed E-state index contributed by atoms with van der Waals surface area (Å²) in [5.74, 6) is -0.197. The largest absolute Gasteiger partial charge is 0.312 e. The molecule has 0 unspecified atom stereocenters. The van der Waals surface area contributed by atoms with Gasteiger partial charge in [0.2, 0.25) is 0 Å². The fourth-order valence-corrected chi connectivity index (χ4v) is 1.88. The lowest BCUT2D eigenvalue weighted by Gasteiger charge is -2.12. The molecule has 1 aromatic carbocycles. The Labute approximate surface area is 95.1 Å². The van der Waals surface area contributed by atoms with Gasteiger partial charge in [0.1, 0.15) is 5.82 Å². The van der Waals surface area contributed by atoms with Gasteiger partial charge in [0.15, 0.2) is 0 Å². The summed E-state index contributed by atoms with van der Waals surface area (Å²) in [4.78, 5) is 0. The zero-order valence-electron chi connectivity index (χ0n) is 9.17. The van der Waals surface area contributed by atoms with Crippen LogP contribution in [0.3, 0.4) is 0 Å². The lowest BCUT2D eigenvalue weighted by molar-refractivity contribution is 0.466. The average molecular weight is 218 g/mol. The maximum Gasteiger partial charge on any atom is 0.123 e. The molecule has 1 saturated carbocycles. The smallest absolute Gasteiger partial charge is 0.123 e. The van der Waals surface area contributed by atoms with Crippen LogP contribution < -0.4 is 5.32 Å². The SMILES string of the molecule is N#CCC1(CNCc2cccc(F)c2)CC1. The third-order valence-electron chi connectivity index (χ3n) is 3.13. The molecule has 16 heavy (non-hydrogen) atoms. The topological polar surface area (TPSA) is 35.8 Å². The number of halogens is 1. The van der Waals surface area contributed by atoms with E-state index in [0.717, 1.165) is 24.9 Å². The first-order valence-corrected chi connectivity index (χ1v) is 5.56. The van der Waals surface area contributed by atoms with Gasteiger partial charge in [0.05, 0.1) is 6.07 Å². The molecule has 0 heterocycles. The van der Waals surface area contributed by atoms with E-state index in [-0.39, 0.29) is 11.2 Å². The molecule has 0 radical (unpaired) electrons. The maximum absolute atomic E-state index is 12.9. The van der Waals surface area contributed by atoms with Crippen molar-refractivity contribution < 1.29 is 4.39 Å². The number of hydrogen-bond acceptors (Lipinski definition) is 2. The zero-order valence-corrected chi connectivity index (χ0v) is 9.17. The Balaban J connectivity index is 1.78. The van der Waals surface area contributed by atoms with Crippen LogP contribution in [0.2, 0.25) is 0 Å². The van der Waals surface area contributed by atoms with E-state index >= 15 is 0 Å². The molecule has 2 nitrogen and oxygen atoms in total. The summed E-state index contributed by atoms with van der Waals surface area (Å²) >= 11 is 0. The van der Waals surface area contributed by atoms with Crippen LogP contribution in [0.5, 0.6) is 0 Å². The van der Waals surface area contributed by atoms with Gasteiger partial charge in [-0.05, 0) is 36.0 Å². The Morgan fingerprint density at radius 3 is 2.88 bits per heavy atom. The van der Waals surface area contributed by atoms with Crippen LogP contribution in [0.25, 0.3) is 0 Å². The third kappa shape index (κ3) is 2.80. The minimum absolute atomic E-state index is 0.197. The van der Waals surface area contributed by atoms with Gasteiger partial charge in [-0.15, -0.1) is 0 Å². The number of rotatable bonds is 5. The van der Waals surface area contributed by atoms with Crippen LogP contribution in [-0.4, -0.2) is 6.54 Å². The molecule has 0 bridgehead atoms. The predicted octanol–water partition coefficient (Wildman–Crippen LogP) is 2.61. The molecular weight excluding hydrogens is 203 g/mol. The van der Waals surface area contributed by atoms with Gasteiger partial charge < -0.3 is 5.32 Å². The average Bonchev–Trinajstić information content (AvgIpc) is 2.99. The summed E-state index contributed by atoms with van der Waals surface area (Å²) in [6.07, 6.45) is 2.90. The standard InChI is InChI=1S/C13H15FN2/c14-12-3-1-2-11(8-12)9-16-10-13(4-5-13)6-7-15/h1-3,8,16H,4-6,9-10H2. The van der Waals surface area contributed by atoms with Gasteiger partial charge in [-0.25, -0.2) is 4.39 Å². The fraction of sp³-hybridized carbons (Fsp3) is 0.462. The molecule has 0 atom stereocenters. The highest BCUT2D eigenvalue weighted by atomic mass is 19.1. The zero-order chi connectivity index (χ0) is 11.4. The van der Waals surface area contributed by atoms with Crippen LogP contribution >= 0.6 is 0 Å². The van der Waals surface area contributed by atoms with Crippen LogP contribution in [0.15, 0.2) is 24.3 Å². The number of benzene rings is 1. The quantitative estimate of drug-likeness (QED) is 0.824. The molecule has 1 fully saturated rings. The number of nitriles is 1. The monoisotopic (exact) mass is 218 g/mol.